The summed E-state index contributed by atoms with van der Waals surface area (Å²) in [5, 5.41) is 8.54. The lowest BCUT2D eigenvalue weighted by Crippen LogP contribution is -2.25. The van der Waals surface area contributed by atoms with Gasteiger partial charge in [0, 0.05) is 13.5 Å². The van der Waals surface area contributed by atoms with Gasteiger partial charge in [-0.1, -0.05) is 109 Å². The molecule has 0 aromatic heterocycles. The number of carbonyl (C=O) groups excluding carboxylic acids is 1. The Morgan fingerprint density at radius 2 is 1.38 bits per heavy atom. The first-order chi connectivity index (χ1) is 16.4. The molecule has 200 valence electrons. The van der Waals surface area contributed by atoms with Gasteiger partial charge in [0.15, 0.2) is 0 Å². The van der Waals surface area contributed by atoms with Crippen LogP contribution in [0.3, 0.4) is 0 Å². The minimum atomic E-state index is -2.73. The van der Waals surface area contributed by atoms with E-state index in [1.54, 1.807) is 0 Å². The van der Waals surface area contributed by atoms with E-state index in [1.807, 2.05) is 6.07 Å². The van der Waals surface area contributed by atoms with Gasteiger partial charge in [-0.25, -0.2) is 0 Å². The van der Waals surface area contributed by atoms with Crippen molar-refractivity contribution in [3.8, 4) is 6.07 Å². The van der Waals surface area contributed by atoms with Crippen LogP contribution in [0.25, 0.3) is 0 Å². The largest absolute Gasteiger partial charge is 0.463 e. The molecule has 0 spiro atoms. The van der Waals surface area contributed by atoms with Crippen molar-refractivity contribution in [2.75, 3.05) is 26.9 Å². The lowest BCUT2D eigenvalue weighted by molar-refractivity contribution is -0.148. The van der Waals surface area contributed by atoms with Gasteiger partial charge in [0.2, 0.25) is 5.69 Å². The Kier molecular flexibility index (Phi) is 24.4. The summed E-state index contributed by atoms with van der Waals surface area (Å²) in [5.74, 6) is -0.215. The first kappa shape index (κ1) is 33.8. The van der Waals surface area contributed by atoms with Gasteiger partial charge >= 0.3 is 5.97 Å². The van der Waals surface area contributed by atoms with Crippen molar-refractivity contribution in [3.63, 3.8) is 0 Å². The minimum Gasteiger partial charge on any atom is -0.463 e. The van der Waals surface area contributed by atoms with Crippen LogP contribution in [0, 0.1) is 11.3 Å². The van der Waals surface area contributed by atoms with Crippen molar-refractivity contribution in [2.45, 2.75) is 122 Å². The second-order valence-corrected chi connectivity index (χ2v) is 14.0. The predicted molar refractivity (Wildman–Crippen MR) is 147 cm³/mol. The zero-order valence-electron chi connectivity index (χ0n) is 21.5. The van der Waals surface area contributed by atoms with E-state index in [9.17, 15) is 4.79 Å². The van der Waals surface area contributed by atoms with Crippen LogP contribution in [0.1, 0.15) is 116 Å². The monoisotopic (exact) mass is 537 g/mol. The predicted octanol–water partition coefficient (Wildman–Crippen LogP) is 7.91. The Labute approximate surface area is 219 Å². The van der Waals surface area contributed by atoms with E-state index in [4.69, 9.17) is 35.6 Å². The second-order valence-electron chi connectivity index (χ2n) is 8.75. The summed E-state index contributed by atoms with van der Waals surface area (Å²) < 4.78 is 21.4. The standard InChI is InChI=1S/C25H48NO5PS2/c1-3-4-5-6-7-8-9-10-11-12-13-14-15-16-17-19-25(27)29-22-24(28-2)23-31-32(33,34)30-21-18-20-26/h24H,3-19,21-23H2,1-2H3,(H,33,34). The molecule has 34 heavy (non-hydrogen) atoms. The molecule has 0 fully saturated rings. The van der Waals surface area contributed by atoms with E-state index in [-0.39, 0.29) is 32.2 Å². The molecule has 0 rings (SSSR count). The Bertz CT molecular complexity index is 574. The fourth-order valence-corrected chi connectivity index (χ4v) is 5.11. The summed E-state index contributed by atoms with van der Waals surface area (Å²) in [6.45, 7) is 2.68. The van der Waals surface area contributed by atoms with Gasteiger partial charge in [-0.2, -0.15) is 5.26 Å². The SMILES string of the molecule is CCCCCCCCCCCCCCCCCC(=O)OCC(COP(=S)(S)OCCC#N)OC. The molecule has 2 unspecified atom stereocenters. The number of esters is 1. The highest BCUT2D eigenvalue weighted by Gasteiger charge is 2.18. The molecule has 0 saturated carbocycles. The highest BCUT2D eigenvalue weighted by molar-refractivity contribution is 8.60. The molecule has 2 atom stereocenters. The number of nitriles is 1. The third kappa shape index (κ3) is 23.6. The molecule has 9 heteroatoms. The number of carbonyl (C=O) groups is 1. The normalized spacial score (nSPS) is 13.8. The molecule has 0 aliphatic rings. The van der Waals surface area contributed by atoms with E-state index < -0.39 is 11.8 Å². The molecule has 0 aromatic rings. The molecule has 0 saturated heterocycles. The summed E-state index contributed by atoms with van der Waals surface area (Å²) in [5.41, 5.74) is -2.73. The van der Waals surface area contributed by atoms with Crippen LogP contribution in [0.4, 0.5) is 0 Å². The van der Waals surface area contributed by atoms with E-state index in [1.165, 1.54) is 90.6 Å². The van der Waals surface area contributed by atoms with Gasteiger partial charge in [-0.15, -0.1) is 0 Å². The molecule has 0 aliphatic heterocycles. The van der Waals surface area contributed by atoms with Crippen LogP contribution >= 0.6 is 17.9 Å². The molecule has 0 N–H and O–H groups in total. The first-order valence-corrected chi connectivity index (χ1v) is 16.9. The average molecular weight is 538 g/mol. The molecule has 0 bridgehead atoms. The lowest BCUT2D eigenvalue weighted by atomic mass is 10.0. The summed E-state index contributed by atoms with van der Waals surface area (Å²) in [6.07, 6.45) is 19.7. The van der Waals surface area contributed by atoms with Crippen LogP contribution in [-0.2, 0) is 35.1 Å². The van der Waals surface area contributed by atoms with Crippen molar-refractivity contribution in [1.29, 1.82) is 5.26 Å². The van der Waals surface area contributed by atoms with Crippen LogP contribution in [0.15, 0.2) is 0 Å². The number of hydrogen-bond donors (Lipinski definition) is 1. The van der Waals surface area contributed by atoms with Crippen LogP contribution in [0.2, 0.25) is 0 Å². The van der Waals surface area contributed by atoms with Gasteiger partial charge < -0.3 is 18.5 Å². The van der Waals surface area contributed by atoms with Crippen molar-refractivity contribution in [1.82, 2.24) is 0 Å². The Morgan fingerprint density at radius 3 is 1.85 bits per heavy atom. The maximum atomic E-state index is 12.0. The fourth-order valence-electron chi connectivity index (χ4n) is 3.50. The van der Waals surface area contributed by atoms with Crippen molar-refractivity contribution < 1.29 is 23.3 Å². The van der Waals surface area contributed by atoms with Crippen LogP contribution < -0.4 is 0 Å². The molecule has 0 radical (unpaired) electrons. The summed E-state index contributed by atoms with van der Waals surface area (Å²) in [6, 6.07) is 1.97. The smallest absolute Gasteiger partial charge is 0.305 e. The average Bonchev–Trinajstić information content (AvgIpc) is 2.81. The topological polar surface area (TPSA) is 77.8 Å². The Balaban J connectivity index is 3.57. The zero-order chi connectivity index (χ0) is 25.3. The fraction of sp³-hybridized carbons (Fsp3) is 0.920. The maximum absolute atomic E-state index is 12.0. The van der Waals surface area contributed by atoms with Gasteiger partial charge in [0.05, 0.1) is 25.7 Å². The molecular weight excluding hydrogens is 489 g/mol. The first-order valence-electron chi connectivity index (χ1n) is 13.1. The summed E-state index contributed by atoms with van der Waals surface area (Å²) in [4.78, 5) is 12.0. The molecule has 0 aromatic carbocycles. The molecule has 0 amide bonds. The summed E-state index contributed by atoms with van der Waals surface area (Å²) >= 11 is 9.37. The van der Waals surface area contributed by atoms with Gasteiger partial charge in [0.1, 0.15) is 12.7 Å². The number of unbranched alkanes of at least 4 members (excludes halogenated alkanes) is 14. The number of ether oxygens (including phenoxy) is 2. The number of methoxy groups -OCH3 is 1. The van der Waals surface area contributed by atoms with Crippen LogP contribution in [-0.4, -0.2) is 39.0 Å². The third-order valence-corrected chi connectivity index (χ3v) is 7.95. The minimum absolute atomic E-state index is 0.107. The highest BCUT2D eigenvalue weighted by Crippen LogP contribution is 2.53. The van der Waals surface area contributed by atoms with E-state index >= 15 is 0 Å². The number of rotatable bonds is 25. The quantitative estimate of drug-likeness (QED) is 0.0549. The molecule has 6 nitrogen and oxygen atoms in total. The second kappa shape index (κ2) is 24.5. The molecular formula is C25H48NO5PS2. The lowest BCUT2D eigenvalue weighted by Gasteiger charge is -2.20. The van der Waals surface area contributed by atoms with Gasteiger partial charge in [-0.3, -0.25) is 4.79 Å². The molecule has 0 aliphatic carbocycles. The van der Waals surface area contributed by atoms with Crippen LogP contribution in [0.5, 0.6) is 0 Å². The van der Waals surface area contributed by atoms with Crippen molar-refractivity contribution in [2.24, 2.45) is 0 Å². The maximum Gasteiger partial charge on any atom is 0.305 e. The highest BCUT2D eigenvalue weighted by atomic mass is 32.9. The third-order valence-electron chi connectivity index (χ3n) is 5.64. The Morgan fingerprint density at radius 1 is 0.882 bits per heavy atom. The van der Waals surface area contributed by atoms with E-state index in [0.29, 0.717) is 6.42 Å². The Hall–Kier alpha value is -0.160. The summed E-state index contributed by atoms with van der Waals surface area (Å²) in [7, 11) is 1.52. The van der Waals surface area contributed by atoms with Gasteiger partial charge in [-0.05, 0) is 18.2 Å². The number of nitrogens with zero attached hydrogens (tertiary/aromatic N) is 1. The molecule has 0 heterocycles. The van der Waals surface area contributed by atoms with Gasteiger partial charge in [0.25, 0.3) is 0 Å². The van der Waals surface area contributed by atoms with E-state index in [2.05, 4.69) is 19.2 Å². The number of thiol groups is 1. The van der Waals surface area contributed by atoms with Crippen molar-refractivity contribution in [3.05, 3.63) is 0 Å². The zero-order valence-corrected chi connectivity index (χ0v) is 24.1. The van der Waals surface area contributed by atoms with E-state index in [0.717, 1.165) is 12.8 Å². The number of hydrogen-bond acceptors (Lipinski definition) is 7. The van der Waals surface area contributed by atoms with Crippen molar-refractivity contribution >= 4 is 35.7 Å².